The summed E-state index contributed by atoms with van der Waals surface area (Å²) in [5, 5.41) is 5.58. The number of hydrogen-bond donors (Lipinski definition) is 2. The van der Waals surface area contributed by atoms with Gasteiger partial charge in [0.05, 0.1) is 19.6 Å². The molecule has 6 nitrogen and oxygen atoms in total. The Kier molecular flexibility index (Phi) is 7.55. The predicted octanol–water partition coefficient (Wildman–Crippen LogP) is 3.12. The first-order valence-electron chi connectivity index (χ1n) is 8.35. The van der Waals surface area contributed by atoms with E-state index >= 15 is 0 Å². The zero-order chi connectivity index (χ0) is 19.8. The molecule has 0 heterocycles. The van der Waals surface area contributed by atoms with E-state index < -0.39 is 12.0 Å². The number of rotatable bonds is 7. The summed E-state index contributed by atoms with van der Waals surface area (Å²) >= 11 is 3.37. The lowest BCUT2D eigenvalue weighted by molar-refractivity contribution is -0.141. The van der Waals surface area contributed by atoms with E-state index in [0.29, 0.717) is 12.1 Å². The fraction of sp³-hybridized carbons (Fsp3) is 0.250. The van der Waals surface area contributed by atoms with Gasteiger partial charge in [-0.25, -0.2) is 0 Å². The minimum Gasteiger partial charge on any atom is -0.469 e. The summed E-state index contributed by atoms with van der Waals surface area (Å²) in [5.74, 6) is -0.816. The van der Waals surface area contributed by atoms with Gasteiger partial charge in [0.1, 0.15) is 0 Å². The summed E-state index contributed by atoms with van der Waals surface area (Å²) in [6.07, 6.45) is 0.0322. The van der Waals surface area contributed by atoms with Gasteiger partial charge in [-0.15, -0.1) is 0 Å². The number of hydrogen-bond acceptors (Lipinski definition) is 4. The van der Waals surface area contributed by atoms with E-state index in [9.17, 15) is 14.4 Å². The van der Waals surface area contributed by atoms with E-state index in [1.165, 1.54) is 14.0 Å². The van der Waals surface area contributed by atoms with Crippen LogP contribution >= 0.6 is 15.9 Å². The summed E-state index contributed by atoms with van der Waals surface area (Å²) in [5.41, 5.74) is 2.16. The summed E-state index contributed by atoms with van der Waals surface area (Å²) in [6.45, 7) is 1.85. The molecule has 2 aromatic rings. The summed E-state index contributed by atoms with van der Waals surface area (Å²) in [7, 11) is 1.32. The molecule has 0 radical (unpaired) electrons. The zero-order valence-electron chi connectivity index (χ0n) is 15.1. The SMILES string of the molecule is COC(=O)CC(NC(=O)c1ccc(CNC(C)=O)cc1)c1ccc(Br)cc1. The van der Waals surface area contributed by atoms with Gasteiger partial charge in [0.15, 0.2) is 0 Å². The number of nitrogens with one attached hydrogen (secondary N) is 2. The van der Waals surface area contributed by atoms with E-state index in [1.807, 2.05) is 24.3 Å². The van der Waals surface area contributed by atoms with Gasteiger partial charge < -0.3 is 15.4 Å². The maximum Gasteiger partial charge on any atom is 0.307 e. The van der Waals surface area contributed by atoms with Crippen LogP contribution in [-0.4, -0.2) is 24.9 Å². The van der Waals surface area contributed by atoms with Gasteiger partial charge in [0.25, 0.3) is 5.91 Å². The number of carbonyl (C=O) groups is 3. The van der Waals surface area contributed by atoms with Crippen molar-refractivity contribution in [2.45, 2.75) is 25.9 Å². The summed E-state index contributed by atoms with van der Waals surface area (Å²) in [6, 6.07) is 13.8. The summed E-state index contributed by atoms with van der Waals surface area (Å²) in [4.78, 5) is 35.3. The van der Waals surface area contributed by atoms with E-state index in [1.54, 1.807) is 24.3 Å². The summed E-state index contributed by atoms with van der Waals surface area (Å²) < 4.78 is 5.65. The highest BCUT2D eigenvalue weighted by atomic mass is 79.9. The molecule has 0 fully saturated rings. The fourth-order valence-electron chi connectivity index (χ4n) is 2.44. The van der Waals surface area contributed by atoms with Gasteiger partial charge in [-0.05, 0) is 35.4 Å². The van der Waals surface area contributed by atoms with E-state index in [4.69, 9.17) is 4.74 Å². The van der Waals surface area contributed by atoms with Crippen molar-refractivity contribution in [3.63, 3.8) is 0 Å². The van der Waals surface area contributed by atoms with Gasteiger partial charge in [-0.2, -0.15) is 0 Å². The van der Waals surface area contributed by atoms with Crippen molar-refractivity contribution in [3.8, 4) is 0 Å². The molecule has 2 aromatic carbocycles. The molecule has 0 aliphatic carbocycles. The second-order valence-electron chi connectivity index (χ2n) is 5.96. The average molecular weight is 433 g/mol. The lowest BCUT2D eigenvalue weighted by atomic mass is 10.0. The van der Waals surface area contributed by atoms with Crippen molar-refractivity contribution in [3.05, 3.63) is 69.7 Å². The number of methoxy groups -OCH3 is 1. The minimum atomic E-state index is -0.503. The minimum absolute atomic E-state index is 0.0322. The Bertz CT molecular complexity index is 804. The first-order valence-corrected chi connectivity index (χ1v) is 9.15. The first kappa shape index (κ1) is 20.6. The van der Waals surface area contributed by atoms with Crippen molar-refractivity contribution >= 4 is 33.7 Å². The lowest BCUT2D eigenvalue weighted by Crippen LogP contribution is -2.30. The maximum absolute atomic E-state index is 12.6. The molecule has 0 bridgehead atoms. The number of amides is 2. The van der Waals surface area contributed by atoms with Crippen LogP contribution in [0.2, 0.25) is 0 Å². The highest BCUT2D eigenvalue weighted by molar-refractivity contribution is 9.10. The largest absolute Gasteiger partial charge is 0.469 e. The van der Waals surface area contributed by atoms with Crippen molar-refractivity contribution < 1.29 is 19.1 Å². The fourth-order valence-corrected chi connectivity index (χ4v) is 2.70. The average Bonchev–Trinajstić information content (AvgIpc) is 2.66. The maximum atomic E-state index is 12.6. The Morgan fingerprint density at radius 2 is 1.67 bits per heavy atom. The number of ether oxygens (including phenoxy) is 1. The molecule has 0 aromatic heterocycles. The van der Waals surface area contributed by atoms with Crippen LogP contribution in [0.5, 0.6) is 0 Å². The van der Waals surface area contributed by atoms with E-state index in [2.05, 4.69) is 26.6 Å². The van der Waals surface area contributed by atoms with Gasteiger partial charge in [0, 0.05) is 23.5 Å². The van der Waals surface area contributed by atoms with Crippen LogP contribution in [0.25, 0.3) is 0 Å². The van der Waals surface area contributed by atoms with E-state index in [0.717, 1.165) is 15.6 Å². The standard InChI is InChI=1S/C20H21BrN2O4/c1-13(24)22-12-14-3-5-16(6-4-14)20(26)23-18(11-19(25)27-2)15-7-9-17(21)10-8-15/h3-10,18H,11-12H2,1-2H3,(H,22,24)(H,23,26). The van der Waals surface area contributed by atoms with Crippen LogP contribution in [0.15, 0.2) is 53.0 Å². The van der Waals surface area contributed by atoms with Crippen LogP contribution in [0.3, 0.4) is 0 Å². The topological polar surface area (TPSA) is 84.5 Å². The second-order valence-corrected chi connectivity index (χ2v) is 6.88. The Morgan fingerprint density at radius 1 is 1.04 bits per heavy atom. The molecule has 142 valence electrons. The monoisotopic (exact) mass is 432 g/mol. The number of benzene rings is 2. The third kappa shape index (κ3) is 6.53. The Hall–Kier alpha value is -2.67. The first-order chi connectivity index (χ1) is 12.9. The predicted molar refractivity (Wildman–Crippen MR) is 105 cm³/mol. The highest BCUT2D eigenvalue weighted by Gasteiger charge is 2.19. The third-order valence-electron chi connectivity index (χ3n) is 3.93. The smallest absolute Gasteiger partial charge is 0.307 e. The highest BCUT2D eigenvalue weighted by Crippen LogP contribution is 2.21. The van der Waals surface area contributed by atoms with Crippen LogP contribution in [0, 0.1) is 0 Å². The molecule has 2 N–H and O–H groups in total. The molecular weight excluding hydrogens is 412 g/mol. The Balaban J connectivity index is 2.11. The second kappa shape index (κ2) is 9.87. The van der Waals surface area contributed by atoms with E-state index in [-0.39, 0.29) is 18.2 Å². The molecule has 0 saturated heterocycles. The van der Waals surface area contributed by atoms with Gasteiger partial charge in [0.2, 0.25) is 5.91 Å². The third-order valence-corrected chi connectivity index (χ3v) is 4.46. The molecule has 0 aliphatic heterocycles. The van der Waals surface area contributed by atoms with Crippen molar-refractivity contribution in [1.29, 1.82) is 0 Å². The molecule has 27 heavy (non-hydrogen) atoms. The van der Waals surface area contributed by atoms with Crippen molar-refractivity contribution in [2.24, 2.45) is 0 Å². The molecule has 0 spiro atoms. The molecule has 0 saturated carbocycles. The molecular formula is C20H21BrN2O4. The number of esters is 1. The van der Waals surface area contributed by atoms with Crippen LogP contribution in [0.1, 0.15) is 40.9 Å². The van der Waals surface area contributed by atoms with Crippen molar-refractivity contribution in [1.82, 2.24) is 10.6 Å². The number of halogens is 1. The zero-order valence-corrected chi connectivity index (χ0v) is 16.7. The quantitative estimate of drug-likeness (QED) is 0.658. The van der Waals surface area contributed by atoms with Gasteiger partial charge in [-0.3, -0.25) is 14.4 Å². The molecule has 1 unspecified atom stereocenters. The van der Waals surface area contributed by atoms with Crippen LogP contribution < -0.4 is 10.6 Å². The number of carbonyl (C=O) groups excluding carboxylic acids is 3. The Morgan fingerprint density at radius 3 is 2.22 bits per heavy atom. The van der Waals surface area contributed by atoms with Gasteiger partial charge >= 0.3 is 5.97 Å². The molecule has 2 rings (SSSR count). The molecule has 7 heteroatoms. The molecule has 0 aliphatic rings. The van der Waals surface area contributed by atoms with Crippen LogP contribution in [0.4, 0.5) is 0 Å². The molecule has 2 amide bonds. The van der Waals surface area contributed by atoms with Crippen molar-refractivity contribution in [2.75, 3.05) is 7.11 Å². The molecule has 1 atom stereocenters. The Labute approximate surface area is 166 Å². The van der Waals surface area contributed by atoms with Crippen LogP contribution in [-0.2, 0) is 20.9 Å². The van der Waals surface area contributed by atoms with Gasteiger partial charge in [-0.1, -0.05) is 40.2 Å². The lowest BCUT2D eigenvalue weighted by Gasteiger charge is -2.18. The normalized spacial score (nSPS) is 11.4.